The highest BCUT2D eigenvalue weighted by molar-refractivity contribution is 5.82. The third-order valence-electron chi connectivity index (χ3n) is 4.08. The van der Waals surface area contributed by atoms with Crippen molar-refractivity contribution in [3.05, 3.63) is 42.1 Å². The maximum absolute atomic E-state index is 6.06. The van der Waals surface area contributed by atoms with E-state index in [-0.39, 0.29) is 0 Å². The van der Waals surface area contributed by atoms with Gasteiger partial charge in [0, 0.05) is 24.2 Å². The summed E-state index contributed by atoms with van der Waals surface area (Å²) in [6.45, 7) is 2.98. The van der Waals surface area contributed by atoms with Gasteiger partial charge in [0.05, 0.1) is 5.52 Å². The number of likely N-dealkylation sites (tertiary alicyclic amines) is 1. The van der Waals surface area contributed by atoms with E-state index >= 15 is 0 Å². The van der Waals surface area contributed by atoms with Crippen molar-refractivity contribution in [2.75, 3.05) is 19.6 Å². The Hall–Kier alpha value is -1.45. The fourth-order valence-electron chi connectivity index (χ4n) is 3.10. The molecule has 3 nitrogen and oxygen atoms in total. The molecule has 2 heterocycles. The minimum Gasteiger partial charge on any atom is -0.329 e. The summed E-state index contributed by atoms with van der Waals surface area (Å²) < 4.78 is 0. The summed E-state index contributed by atoms with van der Waals surface area (Å²) in [5, 5.41) is 1.20. The fourth-order valence-corrected chi connectivity index (χ4v) is 3.10. The van der Waals surface area contributed by atoms with E-state index in [1.807, 2.05) is 12.3 Å². The molecule has 1 aliphatic rings. The number of fused-ring (bicyclic) bond motifs is 1. The first-order valence-corrected chi connectivity index (χ1v) is 7.18. The molecule has 0 spiro atoms. The van der Waals surface area contributed by atoms with Crippen LogP contribution in [0, 0.1) is 0 Å². The monoisotopic (exact) mass is 255 g/mol. The number of nitrogens with two attached hydrogens (primary N) is 1. The van der Waals surface area contributed by atoms with Crippen molar-refractivity contribution >= 4 is 10.9 Å². The molecular weight excluding hydrogens is 234 g/mol. The molecule has 1 aromatic carbocycles. The summed E-state index contributed by atoms with van der Waals surface area (Å²) >= 11 is 0. The first-order chi connectivity index (χ1) is 9.40. The van der Waals surface area contributed by atoms with E-state index in [2.05, 4.69) is 34.1 Å². The van der Waals surface area contributed by atoms with Gasteiger partial charge in [-0.3, -0.25) is 9.88 Å². The molecule has 1 saturated heterocycles. The van der Waals surface area contributed by atoms with Crippen molar-refractivity contribution in [1.82, 2.24) is 9.88 Å². The van der Waals surface area contributed by atoms with Crippen molar-refractivity contribution in [1.29, 1.82) is 0 Å². The van der Waals surface area contributed by atoms with Crippen molar-refractivity contribution < 1.29 is 0 Å². The average molecular weight is 255 g/mol. The van der Waals surface area contributed by atoms with Crippen LogP contribution in [-0.2, 0) is 0 Å². The lowest BCUT2D eigenvalue weighted by Gasteiger charge is -2.34. The molecule has 1 atom stereocenters. The summed E-state index contributed by atoms with van der Waals surface area (Å²) in [7, 11) is 0. The molecular formula is C16H21N3. The second-order valence-electron chi connectivity index (χ2n) is 5.27. The Kier molecular flexibility index (Phi) is 3.76. The maximum atomic E-state index is 6.06. The average Bonchev–Trinajstić information content (AvgIpc) is 2.49. The lowest BCUT2D eigenvalue weighted by atomic mass is 9.99. The second-order valence-corrected chi connectivity index (χ2v) is 5.27. The third-order valence-corrected chi connectivity index (χ3v) is 4.08. The van der Waals surface area contributed by atoms with Gasteiger partial charge in [0.1, 0.15) is 0 Å². The van der Waals surface area contributed by atoms with Gasteiger partial charge in [0.15, 0.2) is 0 Å². The molecule has 3 rings (SSSR count). The van der Waals surface area contributed by atoms with Gasteiger partial charge < -0.3 is 5.73 Å². The molecule has 1 aromatic heterocycles. The van der Waals surface area contributed by atoms with Crippen LogP contribution in [0.1, 0.15) is 30.9 Å². The van der Waals surface area contributed by atoms with Crippen LogP contribution in [-0.4, -0.2) is 29.5 Å². The zero-order chi connectivity index (χ0) is 13.1. The van der Waals surface area contributed by atoms with E-state index in [1.54, 1.807) is 0 Å². The standard InChI is InChI=1S/C16H21N3/c17-12-15(19-10-2-1-3-11-19)14-8-4-6-13-7-5-9-18-16(13)14/h4-9,15H,1-3,10-12,17H2. The largest absolute Gasteiger partial charge is 0.329 e. The Morgan fingerprint density at radius 3 is 2.68 bits per heavy atom. The highest BCUT2D eigenvalue weighted by atomic mass is 15.2. The first kappa shape index (κ1) is 12.6. The number of nitrogens with zero attached hydrogens (tertiary/aromatic N) is 2. The van der Waals surface area contributed by atoms with Gasteiger partial charge in [-0.2, -0.15) is 0 Å². The van der Waals surface area contributed by atoms with Crippen molar-refractivity contribution in [2.45, 2.75) is 25.3 Å². The van der Waals surface area contributed by atoms with Gasteiger partial charge in [-0.05, 0) is 37.6 Å². The van der Waals surface area contributed by atoms with Crippen LogP contribution in [0.25, 0.3) is 10.9 Å². The van der Waals surface area contributed by atoms with Crippen LogP contribution < -0.4 is 5.73 Å². The van der Waals surface area contributed by atoms with Crippen LogP contribution in [0.4, 0.5) is 0 Å². The van der Waals surface area contributed by atoms with Crippen molar-refractivity contribution in [2.24, 2.45) is 5.73 Å². The molecule has 19 heavy (non-hydrogen) atoms. The van der Waals surface area contributed by atoms with Crippen LogP contribution in [0.3, 0.4) is 0 Å². The zero-order valence-corrected chi connectivity index (χ0v) is 11.3. The van der Waals surface area contributed by atoms with E-state index in [9.17, 15) is 0 Å². The Bertz CT molecular complexity index is 541. The summed E-state index contributed by atoms with van der Waals surface area (Å²) in [5.74, 6) is 0. The lowest BCUT2D eigenvalue weighted by molar-refractivity contribution is 0.168. The number of para-hydroxylation sites is 1. The molecule has 2 aromatic rings. The van der Waals surface area contributed by atoms with Crippen LogP contribution in [0.5, 0.6) is 0 Å². The highest BCUT2D eigenvalue weighted by Crippen LogP contribution is 2.28. The molecule has 0 saturated carbocycles. The van der Waals surface area contributed by atoms with Gasteiger partial charge in [0.25, 0.3) is 0 Å². The topological polar surface area (TPSA) is 42.1 Å². The third kappa shape index (κ3) is 2.48. The predicted octanol–water partition coefficient (Wildman–Crippen LogP) is 2.72. The molecule has 1 aliphatic heterocycles. The fraction of sp³-hybridized carbons (Fsp3) is 0.438. The Morgan fingerprint density at radius 1 is 1.11 bits per heavy atom. The zero-order valence-electron chi connectivity index (χ0n) is 11.3. The second kappa shape index (κ2) is 5.68. The minimum absolute atomic E-state index is 0.305. The Morgan fingerprint density at radius 2 is 1.89 bits per heavy atom. The van der Waals surface area contributed by atoms with Gasteiger partial charge in [0.2, 0.25) is 0 Å². The number of hydrogen-bond acceptors (Lipinski definition) is 3. The predicted molar refractivity (Wildman–Crippen MR) is 79.0 cm³/mol. The quantitative estimate of drug-likeness (QED) is 0.917. The molecule has 1 unspecified atom stereocenters. The van der Waals surface area contributed by atoms with Crippen LogP contribution in [0.15, 0.2) is 36.5 Å². The Labute approximate surface area is 114 Å². The van der Waals surface area contributed by atoms with E-state index in [0.717, 1.165) is 18.6 Å². The molecule has 0 radical (unpaired) electrons. The van der Waals surface area contributed by atoms with Crippen LogP contribution in [0.2, 0.25) is 0 Å². The van der Waals surface area contributed by atoms with Gasteiger partial charge in [-0.15, -0.1) is 0 Å². The summed E-state index contributed by atoms with van der Waals surface area (Å²) in [4.78, 5) is 7.08. The van der Waals surface area contributed by atoms with E-state index in [4.69, 9.17) is 5.73 Å². The van der Waals surface area contributed by atoms with E-state index in [0.29, 0.717) is 12.6 Å². The molecule has 0 aliphatic carbocycles. The lowest BCUT2D eigenvalue weighted by Crippen LogP contribution is -2.37. The van der Waals surface area contributed by atoms with Gasteiger partial charge in [-0.1, -0.05) is 30.7 Å². The molecule has 100 valence electrons. The highest BCUT2D eigenvalue weighted by Gasteiger charge is 2.22. The smallest absolute Gasteiger partial charge is 0.0750 e. The summed E-state index contributed by atoms with van der Waals surface area (Å²) in [5.41, 5.74) is 8.44. The maximum Gasteiger partial charge on any atom is 0.0750 e. The summed E-state index contributed by atoms with van der Waals surface area (Å²) in [6, 6.07) is 10.8. The number of rotatable bonds is 3. The van der Waals surface area contributed by atoms with E-state index < -0.39 is 0 Å². The number of piperidine rings is 1. The number of hydrogen-bond donors (Lipinski definition) is 1. The molecule has 0 amide bonds. The molecule has 3 heteroatoms. The van der Waals surface area contributed by atoms with Crippen molar-refractivity contribution in [3.63, 3.8) is 0 Å². The molecule has 1 fully saturated rings. The van der Waals surface area contributed by atoms with Crippen molar-refractivity contribution in [3.8, 4) is 0 Å². The van der Waals surface area contributed by atoms with Gasteiger partial charge in [-0.25, -0.2) is 0 Å². The SMILES string of the molecule is NCC(c1cccc2cccnc12)N1CCCCC1. The van der Waals surface area contributed by atoms with E-state index in [1.165, 1.54) is 30.2 Å². The Balaban J connectivity index is 2.00. The molecule has 2 N–H and O–H groups in total. The number of benzene rings is 1. The number of aromatic nitrogens is 1. The minimum atomic E-state index is 0.305. The van der Waals surface area contributed by atoms with Crippen LogP contribution >= 0.6 is 0 Å². The molecule has 0 bridgehead atoms. The summed E-state index contributed by atoms with van der Waals surface area (Å²) in [6.07, 6.45) is 5.79. The first-order valence-electron chi connectivity index (χ1n) is 7.18. The van der Waals surface area contributed by atoms with Gasteiger partial charge >= 0.3 is 0 Å². The normalized spacial score (nSPS) is 18.6. The number of pyridine rings is 1.